The molecule has 2 heterocycles. The Hall–Kier alpha value is -2.30. The van der Waals surface area contributed by atoms with Crippen molar-refractivity contribution in [1.82, 2.24) is 14.8 Å². The Kier molecular flexibility index (Phi) is 5.08. The van der Waals surface area contributed by atoms with Crippen LogP contribution in [0.4, 0.5) is 0 Å². The van der Waals surface area contributed by atoms with E-state index in [4.69, 9.17) is 0 Å². The van der Waals surface area contributed by atoms with Crippen LogP contribution < -0.4 is 0 Å². The number of likely N-dealkylation sites (N-methyl/N-ethyl adjacent to an activating group) is 1. The summed E-state index contributed by atoms with van der Waals surface area (Å²) in [6.45, 7) is 9.40. The van der Waals surface area contributed by atoms with Gasteiger partial charge in [0.15, 0.2) is 0 Å². The molecule has 0 aliphatic carbocycles. The second kappa shape index (κ2) is 7.14. The third kappa shape index (κ3) is 3.11. The number of H-pyrrole nitrogens is 1. The number of nitrogens with zero attached hydrogens (tertiary/aromatic N) is 2. The molecular weight excluding hydrogens is 326 g/mol. The number of amides is 2. The van der Waals surface area contributed by atoms with Gasteiger partial charge in [-0.1, -0.05) is 31.4 Å². The van der Waals surface area contributed by atoms with Crippen LogP contribution in [0.15, 0.2) is 12.1 Å². The Morgan fingerprint density at radius 1 is 1.23 bits per heavy atom. The first kappa shape index (κ1) is 18.5. The molecule has 1 aliphatic heterocycles. The fourth-order valence-electron chi connectivity index (χ4n) is 3.97. The maximum absolute atomic E-state index is 13.3. The van der Waals surface area contributed by atoms with Crippen molar-refractivity contribution in [3.05, 3.63) is 34.5 Å². The second-order valence-corrected chi connectivity index (χ2v) is 7.55. The first-order valence-corrected chi connectivity index (χ1v) is 9.50. The van der Waals surface area contributed by atoms with E-state index in [9.17, 15) is 9.59 Å². The number of aryl methyl sites for hydroxylation is 3. The SMILES string of the molecule is CCCC[C@H]1C(=O)N(C)CCN1C(=O)c1[nH]c2c(C)cc(C)cc2c1C. The van der Waals surface area contributed by atoms with Gasteiger partial charge in [-0.05, 0) is 44.4 Å². The highest BCUT2D eigenvalue weighted by Crippen LogP contribution is 2.28. The summed E-state index contributed by atoms with van der Waals surface area (Å²) >= 11 is 0. The molecule has 0 saturated carbocycles. The summed E-state index contributed by atoms with van der Waals surface area (Å²) in [5.41, 5.74) is 4.93. The van der Waals surface area contributed by atoms with Crippen LogP contribution in [0.25, 0.3) is 10.9 Å². The minimum absolute atomic E-state index is 0.0545. The average molecular weight is 355 g/mol. The lowest BCUT2D eigenvalue weighted by Gasteiger charge is -2.39. The maximum atomic E-state index is 13.3. The molecule has 140 valence electrons. The molecule has 1 saturated heterocycles. The van der Waals surface area contributed by atoms with Crippen LogP contribution in [0, 0.1) is 20.8 Å². The molecule has 0 radical (unpaired) electrons. The zero-order valence-corrected chi connectivity index (χ0v) is 16.5. The molecule has 5 nitrogen and oxygen atoms in total. The quantitative estimate of drug-likeness (QED) is 0.911. The molecule has 26 heavy (non-hydrogen) atoms. The van der Waals surface area contributed by atoms with E-state index in [1.165, 1.54) is 5.56 Å². The van der Waals surface area contributed by atoms with Crippen LogP contribution in [0.2, 0.25) is 0 Å². The Bertz CT molecular complexity index is 853. The number of hydrogen-bond acceptors (Lipinski definition) is 2. The van der Waals surface area contributed by atoms with Gasteiger partial charge in [-0.3, -0.25) is 9.59 Å². The zero-order chi connectivity index (χ0) is 19.0. The van der Waals surface area contributed by atoms with Crippen LogP contribution in [-0.4, -0.2) is 52.8 Å². The summed E-state index contributed by atoms with van der Waals surface area (Å²) < 4.78 is 0. The molecule has 2 amide bonds. The van der Waals surface area contributed by atoms with Crippen LogP contribution in [-0.2, 0) is 4.79 Å². The van der Waals surface area contributed by atoms with E-state index in [2.05, 4.69) is 37.9 Å². The predicted molar refractivity (Wildman–Crippen MR) is 104 cm³/mol. The third-order valence-electron chi connectivity index (χ3n) is 5.53. The molecule has 1 aromatic carbocycles. The largest absolute Gasteiger partial charge is 0.350 e. The summed E-state index contributed by atoms with van der Waals surface area (Å²) in [5, 5.41) is 1.09. The molecule has 1 fully saturated rings. The van der Waals surface area contributed by atoms with Gasteiger partial charge in [0.2, 0.25) is 5.91 Å². The minimum atomic E-state index is -0.352. The van der Waals surface area contributed by atoms with Gasteiger partial charge >= 0.3 is 0 Å². The van der Waals surface area contributed by atoms with Gasteiger partial charge in [-0.25, -0.2) is 0 Å². The number of hydrogen-bond donors (Lipinski definition) is 1. The van der Waals surface area contributed by atoms with Crippen LogP contribution in [0.1, 0.15) is 53.4 Å². The lowest BCUT2D eigenvalue weighted by atomic mass is 10.0. The number of benzene rings is 1. The molecule has 1 aromatic heterocycles. The van der Waals surface area contributed by atoms with Gasteiger partial charge in [0, 0.05) is 31.0 Å². The number of nitrogens with one attached hydrogen (secondary N) is 1. The molecule has 1 atom stereocenters. The Morgan fingerprint density at radius 3 is 2.65 bits per heavy atom. The first-order valence-electron chi connectivity index (χ1n) is 9.50. The van der Waals surface area contributed by atoms with E-state index >= 15 is 0 Å². The van der Waals surface area contributed by atoms with Crippen molar-refractivity contribution < 1.29 is 9.59 Å². The topological polar surface area (TPSA) is 56.4 Å². The molecule has 3 rings (SSSR count). The molecule has 2 aromatic rings. The molecule has 1 aliphatic rings. The van der Waals surface area contributed by atoms with Crippen molar-refractivity contribution in [3.63, 3.8) is 0 Å². The van der Waals surface area contributed by atoms with Crippen LogP contribution in [0.3, 0.4) is 0 Å². The first-order chi connectivity index (χ1) is 12.3. The smallest absolute Gasteiger partial charge is 0.271 e. The van der Waals surface area contributed by atoms with E-state index in [0.717, 1.165) is 41.3 Å². The number of aromatic amines is 1. The molecule has 0 bridgehead atoms. The fourth-order valence-corrected chi connectivity index (χ4v) is 3.97. The normalized spacial score (nSPS) is 18.0. The lowest BCUT2D eigenvalue weighted by Crippen LogP contribution is -2.57. The number of carbonyl (C=O) groups is 2. The number of fused-ring (bicyclic) bond motifs is 1. The Morgan fingerprint density at radius 2 is 1.96 bits per heavy atom. The van der Waals surface area contributed by atoms with E-state index < -0.39 is 0 Å². The summed E-state index contributed by atoms with van der Waals surface area (Å²) in [6.07, 6.45) is 2.68. The highest BCUT2D eigenvalue weighted by molar-refractivity contribution is 6.03. The molecular formula is C21H29N3O2. The summed E-state index contributed by atoms with van der Waals surface area (Å²) in [4.78, 5) is 32.9. The summed E-state index contributed by atoms with van der Waals surface area (Å²) in [7, 11) is 1.82. The van der Waals surface area contributed by atoms with Crippen molar-refractivity contribution in [1.29, 1.82) is 0 Å². The summed E-state index contributed by atoms with van der Waals surface area (Å²) in [6, 6.07) is 3.89. The molecule has 0 unspecified atom stereocenters. The van der Waals surface area contributed by atoms with Gasteiger partial charge < -0.3 is 14.8 Å². The maximum Gasteiger partial charge on any atom is 0.271 e. The van der Waals surface area contributed by atoms with Gasteiger partial charge in [-0.2, -0.15) is 0 Å². The van der Waals surface area contributed by atoms with Crippen molar-refractivity contribution >= 4 is 22.7 Å². The average Bonchev–Trinajstić information content (AvgIpc) is 2.93. The van der Waals surface area contributed by atoms with Gasteiger partial charge in [0.25, 0.3) is 5.91 Å². The highest BCUT2D eigenvalue weighted by Gasteiger charge is 2.36. The second-order valence-electron chi connectivity index (χ2n) is 7.55. The van der Waals surface area contributed by atoms with Gasteiger partial charge in [0.05, 0.1) is 0 Å². The Labute approximate surface area is 155 Å². The highest BCUT2D eigenvalue weighted by atomic mass is 16.2. The number of aromatic nitrogens is 1. The monoisotopic (exact) mass is 355 g/mol. The van der Waals surface area contributed by atoms with E-state index in [-0.39, 0.29) is 17.9 Å². The number of rotatable bonds is 4. The third-order valence-corrected chi connectivity index (χ3v) is 5.53. The fraction of sp³-hybridized carbons (Fsp3) is 0.524. The number of unbranched alkanes of at least 4 members (excludes halogenated alkanes) is 1. The van der Waals surface area contributed by atoms with E-state index in [1.54, 1.807) is 9.80 Å². The zero-order valence-electron chi connectivity index (χ0n) is 16.5. The minimum Gasteiger partial charge on any atom is -0.350 e. The van der Waals surface area contributed by atoms with Crippen molar-refractivity contribution in [3.8, 4) is 0 Å². The number of carbonyl (C=O) groups excluding carboxylic acids is 2. The summed E-state index contributed by atoms with van der Waals surface area (Å²) in [5.74, 6) is -0.00264. The Balaban J connectivity index is 1.99. The number of piperazine rings is 1. The van der Waals surface area contributed by atoms with Crippen molar-refractivity contribution in [2.45, 2.75) is 53.0 Å². The molecule has 1 N–H and O–H groups in total. The van der Waals surface area contributed by atoms with Crippen molar-refractivity contribution in [2.75, 3.05) is 20.1 Å². The molecule has 0 spiro atoms. The predicted octanol–water partition coefficient (Wildman–Crippen LogP) is 3.57. The van der Waals surface area contributed by atoms with Gasteiger partial charge in [0.1, 0.15) is 11.7 Å². The lowest BCUT2D eigenvalue weighted by molar-refractivity contribution is -0.138. The van der Waals surface area contributed by atoms with Crippen LogP contribution >= 0.6 is 0 Å². The van der Waals surface area contributed by atoms with E-state index in [1.807, 2.05) is 14.0 Å². The molecule has 5 heteroatoms. The van der Waals surface area contributed by atoms with Crippen molar-refractivity contribution in [2.24, 2.45) is 0 Å². The van der Waals surface area contributed by atoms with E-state index in [0.29, 0.717) is 18.8 Å². The van der Waals surface area contributed by atoms with Gasteiger partial charge in [-0.15, -0.1) is 0 Å². The van der Waals surface area contributed by atoms with Crippen LogP contribution in [0.5, 0.6) is 0 Å². The standard InChI is InChI=1S/C21H29N3O2/c1-6-7-8-17-20(25)23(5)9-10-24(17)21(26)19-15(4)16-12-13(2)11-14(3)18(16)22-19/h11-12,17,22H,6-10H2,1-5H3/t17-/m0/s1.